The molecule has 0 fully saturated rings. The van der Waals surface area contributed by atoms with Crippen molar-refractivity contribution in [1.82, 2.24) is 4.72 Å². The lowest BCUT2D eigenvalue weighted by atomic mass is 10.2. The predicted octanol–water partition coefficient (Wildman–Crippen LogP) is 1.22. The van der Waals surface area contributed by atoms with Gasteiger partial charge in [0.05, 0.1) is 18.0 Å². The molecule has 0 spiro atoms. The Bertz CT molecular complexity index is 1030. The molecule has 0 unspecified atom stereocenters. The minimum Gasteiger partial charge on any atom is -0.546 e. The molecular weight excluding hydrogens is 370 g/mol. The molecule has 3 aromatic rings. The first-order valence-electron chi connectivity index (χ1n) is 8.27. The number of hydrogen-bond acceptors (Lipinski definition) is 6. The van der Waals surface area contributed by atoms with E-state index in [1.165, 1.54) is 6.26 Å². The summed E-state index contributed by atoms with van der Waals surface area (Å²) in [4.78, 5) is 10.5. The zero-order valence-corrected chi connectivity index (χ0v) is 15.2. The molecule has 0 atom stereocenters. The molecule has 1 heterocycles. The van der Waals surface area contributed by atoms with Gasteiger partial charge < -0.3 is 19.1 Å². The highest BCUT2D eigenvalue weighted by Gasteiger charge is 2.15. The Kier molecular flexibility index (Phi) is 5.78. The van der Waals surface area contributed by atoms with Crippen LogP contribution < -0.4 is 14.6 Å². The number of fused-ring (bicyclic) bond motifs is 1. The molecule has 0 bridgehead atoms. The first-order chi connectivity index (χ1) is 12.9. The minimum atomic E-state index is -3.46. The first kappa shape index (κ1) is 18.9. The smallest absolute Gasteiger partial charge is 0.212 e. The average molecular weight is 388 g/mol. The number of furan rings is 1. The number of hydrogen-bond donors (Lipinski definition) is 1. The third kappa shape index (κ3) is 5.08. The fourth-order valence-corrected chi connectivity index (χ4v) is 3.65. The van der Waals surface area contributed by atoms with Crippen molar-refractivity contribution in [2.45, 2.75) is 13.0 Å². The summed E-state index contributed by atoms with van der Waals surface area (Å²) in [5.41, 5.74) is 1.94. The largest absolute Gasteiger partial charge is 0.546 e. The van der Waals surface area contributed by atoms with Gasteiger partial charge in [-0.2, -0.15) is 0 Å². The quantitative estimate of drug-likeness (QED) is 0.590. The summed E-state index contributed by atoms with van der Waals surface area (Å²) in [6, 6.07) is 14.4. The van der Waals surface area contributed by atoms with Crippen LogP contribution in [0, 0.1) is 0 Å². The van der Waals surface area contributed by atoms with Crippen molar-refractivity contribution in [3.8, 4) is 5.75 Å². The summed E-state index contributed by atoms with van der Waals surface area (Å²) in [5, 5.41) is 11.2. The maximum Gasteiger partial charge on any atom is 0.212 e. The van der Waals surface area contributed by atoms with E-state index in [9.17, 15) is 18.3 Å². The summed E-state index contributed by atoms with van der Waals surface area (Å²) in [7, 11) is -3.46. The Morgan fingerprint density at radius 3 is 2.63 bits per heavy atom. The topological polar surface area (TPSA) is 109 Å². The summed E-state index contributed by atoms with van der Waals surface area (Å²) >= 11 is 0. The van der Waals surface area contributed by atoms with Crippen LogP contribution in [0.5, 0.6) is 5.75 Å². The van der Waals surface area contributed by atoms with Crippen LogP contribution in [0.4, 0.5) is 0 Å². The number of para-hydroxylation sites is 1. The molecule has 7 nitrogen and oxygen atoms in total. The normalized spacial score (nSPS) is 11.6. The van der Waals surface area contributed by atoms with Crippen LogP contribution in [0.1, 0.15) is 11.1 Å². The van der Waals surface area contributed by atoms with Crippen molar-refractivity contribution in [3.63, 3.8) is 0 Å². The lowest BCUT2D eigenvalue weighted by Crippen LogP contribution is -2.28. The molecule has 2 aromatic carbocycles. The molecule has 3 rings (SSSR count). The molecule has 0 aliphatic carbocycles. The van der Waals surface area contributed by atoms with Gasteiger partial charge in [0.15, 0.2) is 11.3 Å². The SMILES string of the molecule is O=C([O-])COc1cccc2c(CNS(=O)(=O)CCc3ccccc3)coc12. The number of ether oxygens (including phenoxy) is 1. The van der Waals surface area contributed by atoms with Gasteiger partial charge in [-0.1, -0.05) is 42.5 Å². The number of rotatable bonds is 9. The van der Waals surface area contributed by atoms with Crippen molar-refractivity contribution >= 4 is 27.0 Å². The fraction of sp³-hybridized carbons (Fsp3) is 0.211. The molecule has 0 saturated heterocycles. The fourth-order valence-electron chi connectivity index (χ4n) is 2.63. The zero-order chi connectivity index (χ0) is 19.3. The maximum atomic E-state index is 12.2. The Morgan fingerprint density at radius 1 is 1.11 bits per heavy atom. The minimum absolute atomic E-state index is 0.0211. The van der Waals surface area contributed by atoms with Crippen molar-refractivity contribution in [2.75, 3.05) is 12.4 Å². The molecule has 0 aliphatic heterocycles. The Labute approximate surface area is 156 Å². The van der Waals surface area contributed by atoms with E-state index in [0.29, 0.717) is 23.0 Å². The van der Waals surface area contributed by atoms with Gasteiger partial charge in [0.25, 0.3) is 0 Å². The summed E-state index contributed by atoms with van der Waals surface area (Å²) in [6.07, 6.45) is 1.85. The molecule has 0 aliphatic rings. The standard InChI is InChI=1S/C19H19NO6S/c21-18(22)13-25-17-8-4-7-16-15(12-26-19(16)17)11-20-27(23,24)10-9-14-5-2-1-3-6-14/h1-8,12,20H,9-11,13H2,(H,21,22)/p-1. The van der Waals surface area contributed by atoms with Crippen LogP contribution in [0.2, 0.25) is 0 Å². The van der Waals surface area contributed by atoms with E-state index in [2.05, 4.69) is 4.72 Å². The number of carbonyl (C=O) groups is 1. The molecule has 27 heavy (non-hydrogen) atoms. The maximum absolute atomic E-state index is 12.2. The van der Waals surface area contributed by atoms with Crippen molar-refractivity contribution in [2.24, 2.45) is 0 Å². The molecule has 1 N–H and O–H groups in total. The number of nitrogens with one attached hydrogen (secondary N) is 1. The Balaban J connectivity index is 1.66. The van der Waals surface area contributed by atoms with Gasteiger partial charge >= 0.3 is 0 Å². The van der Waals surface area contributed by atoms with Crippen LogP contribution in [-0.4, -0.2) is 26.7 Å². The van der Waals surface area contributed by atoms with Gasteiger partial charge in [-0.3, -0.25) is 0 Å². The van der Waals surface area contributed by atoms with Gasteiger partial charge in [0, 0.05) is 17.5 Å². The number of carbonyl (C=O) groups excluding carboxylic acids is 1. The first-order valence-corrected chi connectivity index (χ1v) is 9.93. The van der Waals surface area contributed by atoms with Crippen LogP contribution in [-0.2, 0) is 27.8 Å². The predicted molar refractivity (Wildman–Crippen MR) is 97.5 cm³/mol. The number of carboxylic acid groups (broad SMARTS) is 1. The van der Waals surface area contributed by atoms with E-state index in [1.807, 2.05) is 30.3 Å². The van der Waals surface area contributed by atoms with Gasteiger partial charge in [0.2, 0.25) is 10.0 Å². The van der Waals surface area contributed by atoms with Gasteiger partial charge in [-0.05, 0) is 18.1 Å². The second-order valence-corrected chi connectivity index (χ2v) is 7.86. The van der Waals surface area contributed by atoms with Crippen LogP contribution in [0.25, 0.3) is 11.0 Å². The van der Waals surface area contributed by atoms with E-state index < -0.39 is 22.6 Å². The molecule has 8 heteroatoms. The highest BCUT2D eigenvalue weighted by Crippen LogP contribution is 2.29. The molecule has 0 radical (unpaired) electrons. The molecular formula is C19H18NO6S-. The molecule has 0 saturated carbocycles. The Morgan fingerprint density at radius 2 is 1.89 bits per heavy atom. The monoisotopic (exact) mass is 388 g/mol. The van der Waals surface area contributed by atoms with Crippen molar-refractivity contribution < 1.29 is 27.5 Å². The highest BCUT2D eigenvalue weighted by molar-refractivity contribution is 7.89. The second-order valence-electron chi connectivity index (χ2n) is 5.93. The summed E-state index contributed by atoms with van der Waals surface area (Å²) < 4.78 is 37.6. The van der Waals surface area contributed by atoms with Crippen LogP contribution in [0.15, 0.2) is 59.2 Å². The molecule has 0 amide bonds. The van der Waals surface area contributed by atoms with Crippen molar-refractivity contribution in [3.05, 3.63) is 65.9 Å². The number of aliphatic carboxylic acids is 1. The third-order valence-corrected chi connectivity index (χ3v) is 5.30. The number of sulfonamides is 1. The summed E-state index contributed by atoms with van der Waals surface area (Å²) in [6.45, 7) is -0.532. The van der Waals surface area contributed by atoms with Gasteiger partial charge in [-0.25, -0.2) is 13.1 Å². The number of benzene rings is 2. The average Bonchev–Trinajstić information content (AvgIpc) is 3.08. The van der Waals surface area contributed by atoms with E-state index in [4.69, 9.17) is 9.15 Å². The second kappa shape index (κ2) is 8.24. The van der Waals surface area contributed by atoms with Gasteiger partial charge in [-0.15, -0.1) is 0 Å². The third-order valence-electron chi connectivity index (χ3n) is 3.97. The van der Waals surface area contributed by atoms with Crippen LogP contribution in [0.3, 0.4) is 0 Å². The zero-order valence-electron chi connectivity index (χ0n) is 14.4. The van der Waals surface area contributed by atoms with E-state index in [-0.39, 0.29) is 18.0 Å². The van der Waals surface area contributed by atoms with Crippen LogP contribution >= 0.6 is 0 Å². The molecule has 1 aromatic heterocycles. The van der Waals surface area contributed by atoms with E-state index >= 15 is 0 Å². The molecule has 142 valence electrons. The number of carboxylic acids is 1. The van der Waals surface area contributed by atoms with E-state index in [0.717, 1.165) is 5.56 Å². The van der Waals surface area contributed by atoms with Crippen molar-refractivity contribution in [1.29, 1.82) is 0 Å². The lowest BCUT2D eigenvalue weighted by Gasteiger charge is -2.07. The lowest BCUT2D eigenvalue weighted by molar-refractivity contribution is -0.307. The Hall–Kier alpha value is -2.84. The van der Waals surface area contributed by atoms with E-state index in [1.54, 1.807) is 18.2 Å². The van der Waals surface area contributed by atoms with Gasteiger partial charge in [0.1, 0.15) is 6.61 Å². The highest BCUT2D eigenvalue weighted by atomic mass is 32.2. The summed E-state index contributed by atoms with van der Waals surface area (Å²) in [5.74, 6) is -1.10. The number of aryl methyl sites for hydroxylation is 1.